The number of nitrogens with zero attached hydrogens (tertiary/aromatic N) is 1. The molecule has 1 amide bonds. The first-order valence-electron chi connectivity index (χ1n) is 4.61. The molecule has 0 radical (unpaired) electrons. The summed E-state index contributed by atoms with van der Waals surface area (Å²) in [5, 5.41) is 21.5. The Hall–Kier alpha value is -0.850. The number of carboxylic acid groups (broad SMARTS) is 1. The molecule has 3 N–H and O–H groups in total. The number of aliphatic hydroxyl groups is 1. The van der Waals surface area contributed by atoms with E-state index in [0.29, 0.717) is 6.54 Å². The Labute approximate surface area is 81.5 Å². The van der Waals surface area contributed by atoms with Crippen LogP contribution in [-0.2, 0) is 4.74 Å². The van der Waals surface area contributed by atoms with Crippen LogP contribution < -0.4 is 5.32 Å². The molecule has 2 heterocycles. The van der Waals surface area contributed by atoms with Crippen LogP contribution in [-0.4, -0.2) is 65.7 Å². The lowest BCUT2D eigenvalue weighted by atomic mass is 10.1. The third kappa shape index (κ3) is 1.26. The summed E-state index contributed by atoms with van der Waals surface area (Å²) < 4.78 is 5.36. The summed E-state index contributed by atoms with van der Waals surface area (Å²) in [7, 11) is 1.77. The van der Waals surface area contributed by atoms with Crippen LogP contribution in [0.5, 0.6) is 0 Å². The first kappa shape index (κ1) is 9.70. The highest BCUT2D eigenvalue weighted by Crippen LogP contribution is 2.29. The van der Waals surface area contributed by atoms with Crippen LogP contribution in [0.3, 0.4) is 0 Å². The highest BCUT2D eigenvalue weighted by atomic mass is 16.5. The molecular weight excluding hydrogens is 188 g/mol. The maximum atomic E-state index is 10.9. The second-order valence-electron chi connectivity index (χ2n) is 3.69. The number of likely N-dealkylation sites (N-methyl/N-ethyl adjacent to an activating group) is 1. The Morgan fingerprint density at radius 2 is 2.36 bits per heavy atom. The molecule has 2 fully saturated rings. The van der Waals surface area contributed by atoms with Crippen LogP contribution in [0.15, 0.2) is 0 Å². The molecule has 0 aromatic rings. The molecule has 0 aromatic heterocycles. The fourth-order valence-electron chi connectivity index (χ4n) is 2.26. The predicted molar refractivity (Wildman–Crippen MR) is 47.1 cm³/mol. The molecule has 2 saturated heterocycles. The van der Waals surface area contributed by atoms with Crippen molar-refractivity contribution in [2.24, 2.45) is 0 Å². The zero-order valence-electron chi connectivity index (χ0n) is 7.88. The van der Waals surface area contributed by atoms with E-state index in [4.69, 9.17) is 9.84 Å². The molecule has 0 aliphatic carbocycles. The zero-order chi connectivity index (χ0) is 10.3. The highest BCUT2D eigenvalue weighted by Gasteiger charge is 2.51. The Morgan fingerprint density at radius 1 is 1.64 bits per heavy atom. The van der Waals surface area contributed by atoms with E-state index in [0.717, 1.165) is 0 Å². The fraction of sp³-hybridized carbons (Fsp3) is 0.875. The largest absolute Gasteiger partial charge is 0.465 e. The van der Waals surface area contributed by atoms with Crippen molar-refractivity contribution < 1.29 is 19.7 Å². The van der Waals surface area contributed by atoms with E-state index in [1.54, 1.807) is 7.05 Å². The maximum absolute atomic E-state index is 10.9. The summed E-state index contributed by atoms with van der Waals surface area (Å²) in [6.07, 6.45) is -1.91. The lowest BCUT2D eigenvalue weighted by Gasteiger charge is -2.21. The van der Waals surface area contributed by atoms with Gasteiger partial charge in [0.2, 0.25) is 0 Å². The molecule has 14 heavy (non-hydrogen) atoms. The van der Waals surface area contributed by atoms with Crippen molar-refractivity contribution in [1.29, 1.82) is 0 Å². The van der Waals surface area contributed by atoms with Crippen LogP contribution >= 0.6 is 0 Å². The second-order valence-corrected chi connectivity index (χ2v) is 3.69. The Bertz CT molecular complexity index is 247. The number of ether oxygens (including phenoxy) is 1. The van der Waals surface area contributed by atoms with Crippen LogP contribution in [0.4, 0.5) is 4.79 Å². The quantitative estimate of drug-likeness (QED) is 0.492. The van der Waals surface area contributed by atoms with Gasteiger partial charge in [-0.25, -0.2) is 4.79 Å². The van der Waals surface area contributed by atoms with Crippen molar-refractivity contribution in [3.05, 3.63) is 0 Å². The van der Waals surface area contributed by atoms with Crippen molar-refractivity contribution in [1.82, 2.24) is 10.2 Å². The van der Waals surface area contributed by atoms with Crippen molar-refractivity contribution in [2.45, 2.75) is 24.3 Å². The number of hydrogen-bond donors (Lipinski definition) is 3. The van der Waals surface area contributed by atoms with E-state index >= 15 is 0 Å². The van der Waals surface area contributed by atoms with Crippen LogP contribution in [0, 0.1) is 0 Å². The molecular formula is C8H14N2O4. The summed E-state index contributed by atoms with van der Waals surface area (Å²) in [6.45, 7) is 0.593. The van der Waals surface area contributed by atoms with Gasteiger partial charge < -0.3 is 20.3 Å². The third-order valence-electron chi connectivity index (χ3n) is 2.96. The Balaban J connectivity index is 2.18. The molecule has 2 rings (SSSR count). The van der Waals surface area contributed by atoms with Gasteiger partial charge in [0.05, 0.1) is 24.8 Å². The normalized spacial score (nSPS) is 41.4. The van der Waals surface area contributed by atoms with E-state index in [2.05, 4.69) is 5.32 Å². The Morgan fingerprint density at radius 3 is 2.93 bits per heavy atom. The number of amides is 1. The molecule has 80 valence electrons. The number of rotatable bonds is 1. The number of aliphatic hydroxyl groups excluding tert-OH is 1. The first-order valence-corrected chi connectivity index (χ1v) is 4.61. The minimum atomic E-state index is -0.998. The molecule has 0 saturated carbocycles. The monoisotopic (exact) mass is 202 g/mol. The average molecular weight is 202 g/mol. The van der Waals surface area contributed by atoms with E-state index in [1.807, 2.05) is 0 Å². The van der Waals surface area contributed by atoms with Crippen LogP contribution in [0.1, 0.15) is 0 Å². The molecule has 4 unspecified atom stereocenters. The van der Waals surface area contributed by atoms with Gasteiger partial charge in [-0.2, -0.15) is 0 Å². The van der Waals surface area contributed by atoms with Crippen molar-refractivity contribution in [2.75, 3.05) is 20.2 Å². The molecule has 0 aromatic carbocycles. The van der Waals surface area contributed by atoms with Gasteiger partial charge in [0.15, 0.2) is 0 Å². The molecule has 0 spiro atoms. The SMILES string of the molecule is CNC1CN(C(=O)O)C2C(O)COC12. The molecule has 2 aliphatic heterocycles. The predicted octanol–water partition coefficient (Wildman–Crippen LogP) is -1.30. The van der Waals surface area contributed by atoms with E-state index in [9.17, 15) is 9.90 Å². The molecule has 6 nitrogen and oxygen atoms in total. The summed E-state index contributed by atoms with van der Waals surface area (Å²) >= 11 is 0. The van der Waals surface area contributed by atoms with Crippen LogP contribution in [0.2, 0.25) is 0 Å². The van der Waals surface area contributed by atoms with Gasteiger partial charge in [0, 0.05) is 6.54 Å². The van der Waals surface area contributed by atoms with Crippen LogP contribution in [0.25, 0.3) is 0 Å². The number of nitrogens with one attached hydrogen (secondary N) is 1. The average Bonchev–Trinajstić information content (AvgIpc) is 2.66. The molecule has 4 atom stereocenters. The minimum Gasteiger partial charge on any atom is -0.465 e. The van der Waals surface area contributed by atoms with Gasteiger partial charge in [-0.1, -0.05) is 0 Å². The lowest BCUT2D eigenvalue weighted by molar-refractivity contribution is 0.0702. The summed E-state index contributed by atoms with van der Waals surface area (Å²) in [4.78, 5) is 12.1. The first-order chi connectivity index (χ1) is 6.65. The van der Waals surface area contributed by atoms with E-state index in [-0.39, 0.29) is 18.8 Å². The lowest BCUT2D eigenvalue weighted by Crippen LogP contribution is -2.43. The highest BCUT2D eigenvalue weighted by molar-refractivity contribution is 5.66. The number of carbonyl (C=O) groups is 1. The van der Waals surface area contributed by atoms with Crippen molar-refractivity contribution in [3.63, 3.8) is 0 Å². The van der Waals surface area contributed by atoms with Gasteiger partial charge in [-0.05, 0) is 7.05 Å². The number of likely N-dealkylation sites (tertiary alicyclic amines) is 1. The number of fused-ring (bicyclic) bond motifs is 1. The van der Waals surface area contributed by atoms with Gasteiger partial charge in [0.25, 0.3) is 0 Å². The van der Waals surface area contributed by atoms with E-state index in [1.165, 1.54) is 4.90 Å². The van der Waals surface area contributed by atoms with Gasteiger partial charge in [-0.3, -0.25) is 4.90 Å². The van der Waals surface area contributed by atoms with Crippen molar-refractivity contribution in [3.8, 4) is 0 Å². The van der Waals surface area contributed by atoms with Gasteiger partial charge in [-0.15, -0.1) is 0 Å². The topological polar surface area (TPSA) is 82.0 Å². The Kier molecular flexibility index (Phi) is 2.34. The van der Waals surface area contributed by atoms with Gasteiger partial charge >= 0.3 is 6.09 Å². The number of hydrogen-bond acceptors (Lipinski definition) is 4. The molecule has 0 bridgehead atoms. The van der Waals surface area contributed by atoms with E-state index < -0.39 is 18.2 Å². The zero-order valence-corrected chi connectivity index (χ0v) is 7.88. The summed E-state index contributed by atoms with van der Waals surface area (Å²) in [6, 6.07) is -0.432. The van der Waals surface area contributed by atoms with Crippen molar-refractivity contribution >= 4 is 6.09 Å². The molecule has 2 aliphatic rings. The van der Waals surface area contributed by atoms with Gasteiger partial charge in [0.1, 0.15) is 6.10 Å². The third-order valence-corrected chi connectivity index (χ3v) is 2.96. The maximum Gasteiger partial charge on any atom is 0.407 e. The molecule has 6 heteroatoms. The fourth-order valence-corrected chi connectivity index (χ4v) is 2.26. The second kappa shape index (κ2) is 3.38. The summed E-state index contributed by atoms with van der Waals surface area (Å²) in [5.74, 6) is 0. The smallest absolute Gasteiger partial charge is 0.407 e. The minimum absolute atomic E-state index is 0.0201. The standard InChI is InChI=1S/C8H14N2O4/c1-9-4-2-10(8(12)13)6-5(11)3-14-7(4)6/h4-7,9,11H,2-3H2,1H3,(H,12,13). The summed E-state index contributed by atoms with van der Waals surface area (Å²) in [5.41, 5.74) is 0.